The quantitative estimate of drug-likeness (QED) is 0.203. The number of aromatic hydroxyl groups is 1. The molecule has 1 saturated heterocycles. The second-order valence-electron chi connectivity index (χ2n) is 7.66. The number of benzene rings is 3. The van der Waals surface area contributed by atoms with E-state index in [-0.39, 0.29) is 39.1 Å². The van der Waals surface area contributed by atoms with Gasteiger partial charge in [0.2, 0.25) is 0 Å². The van der Waals surface area contributed by atoms with Crippen LogP contribution in [0, 0.1) is 0 Å². The lowest BCUT2D eigenvalue weighted by Gasteiger charge is -2.25. The zero-order chi connectivity index (χ0) is 25.3. The number of hydrogen-bond acceptors (Lipinski definition) is 6. The fraction of sp³-hybridized carbons (Fsp3) is 0.115. The third kappa shape index (κ3) is 4.60. The smallest absolute Gasteiger partial charge is 0.338 e. The van der Waals surface area contributed by atoms with Gasteiger partial charge in [-0.25, -0.2) is 4.79 Å². The van der Waals surface area contributed by atoms with Crippen LogP contribution in [0.2, 0.25) is 10.0 Å². The summed E-state index contributed by atoms with van der Waals surface area (Å²) in [7, 11) is 0. The van der Waals surface area contributed by atoms with Crippen LogP contribution in [0.25, 0.3) is 5.76 Å². The SMILES string of the molecule is CCOC(=O)c1ccc(N2C(=O)C(=O)/C(=C(\O)c3ccc(Cl)c(Cl)c3)C2c2cccc(O)c2)cc1. The molecule has 1 amide bonds. The molecule has 3 aromatic rings. The third-order valence-electron chi connectivity index (χ3n) is 5.48. The van der Waals surface area contributed by atoms with Crippen molar-refractivity contribution in [2.45, 2.75) is 13.0 Å². The van der Waals surface area contributed by atoms with Crippen molar-refractivity contribution in [1.82, 2.24) is 0 Å². The summed E-state index contributed by atoms with van der Waals surface area (Å²) in [6.07, 6.45) is 0. The topological polar surface area (TPSA) is 104 Å². The number of phenolic OH excluding ortho intramolecular Hbond substituents is 1. The van der Waals surface area contributed by atoms with Crippen LogP contribution in [0.4, 0.5) is 5.69 Å². The predicted octanol–water partition coefficient (Wildman–Crippen LogP) is 5.50. The van der Waals surface area contributed by atoms with E-state index in [9.17, 15) is 24.6 Å². The van der Waals surface area contributed by atoms with Crippen molar-refractivity contribution in [3.05, 3.63) is 99.0 Å². The lowest BCUT2D eigenvalue weighted by Crippen LogP contribution is -2.29. The van der Waals surface area contributed by atoms with Gasteiger partial charge in [-0.3, -0.25) is 14.5 Å². The maximum absolute atomic E-state index is 13.2. The largest absolute Gasteiger partial charge is 0.508 e. The highest BCUT2D eigenvalue weighted by Crippen LogP contribution is 2.43. The van der Waals surface area contributed by atoms with Crippen molar-refractivity contribution >= 4 is 52.3 Å². The number of Topliss-reactive ketones (excluding diaryl/α,β-unsaturated/α-hetero) is 1. The van der Waals surface area contributed by atoms with E-state index >= 15 is 0 Å². The average Bonchev–Trinajstić information content (AvgIpc) is 3.11. The minimum Gasteiger partial charge on any atom is -0.508 e. The normalized spacial score (nSPS) is 17.0. The molecule has 4 rings (SSSR count). The van der Waals surface area contributed by atoms with Gasteiger partial charge >= 0.3 is 5.97 Å². The molecule has 0 radical (unpaired) electrons. The molecule has 0 bridgehead atoms. The maximum Gasteiger partial charge on any atom is 0.338 e. The highest BCUT2D eigenvalue weighted by molar-refractivity contribution is 6.51. The Bertz CT molecular complexity index is 1370. The Kier molecular flexibility index (Phi) is 6.82. The van der Waals surface area contributed by atoms with E-state index in [0.717, 1.165) is 0 Å². The molecule has 2 N–H and O–H groups in total. The molecule has 1 aliphatic heterocycles. The third-order valence-corrected chi connectivity index (χ3v) is 6.22. The number of ketones is 1. The number of halogens is 2. The van der Waals surface area contributed by atoms with E-state index in [1.165, 1.54) is 59.5 Å². The molecule has 0 aromatic heterocycles. The van der Waals surface area contributed by atoms with Gasteiger partial charge in [-0.2, -0.15) is 0 Å². The van der Waals surface area contributed by atoms with Crippen molar-refractivity contribution in [3.63, 3.8) is 0 Å². The van der Waals surface area contributed by atoms with Gasteiger partial charge < -0.3 is 14.9 Å². The molecule has 1 unspecified atom stereocenters. The second-order valence-corrected chi connectivity index (χ2v) is 8.47. The second kappa shape index (κ2) is 9.82. The van der Waals surface area contributed by atoms with Gasteiger partial charge in [0.15, 0.2) is 0 Å². The van der Waals surface area contributed by atoms with E-state index in [1.807, 2.05) is 0 Å². The average molecular weight is 512 g/mol. The number of hydrogen-bond donors (Lipinski definition) is 2. The fourth-order valence-corrected chi connectivity index (χ4v) is 4.18. The molecular formula is C26H19Cl2NO6. The highest BCUT2D eigenvalue weighted by atomic mass is 35.5. The van der Waals surface area contributed by atoms with Crippen LogP contribution in [0.5, 0.6) is 5.75 Å². The Morgan fingerprint density at radius 1 is 0.971 bits per heavy atom. The first-order valence-electron chi connectivity index (χ1n) is 10.6. The number of anilines is 1. The fourth-order valence-electron chi connectivity index (χ4n) is 3.88. The molecule has 1 atom stereocenters. The number of ether oxygens (including phenoxy) is 1. The first kappa shape index (κ1) is 24.3. The summed E-state index contributed by atoms with van der Waals surface area (Å²) in [6, 6.07) is 15.3. The van der Waals surface area contributed by atoms with Gasteiger partial charge in [-0.15, -0.1) is 0 Å². The molecule has 7 nitrogen and oxygen atoms in total. The van der Waals surface area contributed by atoms with Crippen molar-refractivity contribution in [2.24, 2.45) is 0 Å². The number of aliphatic hydroxyl groups is 1. The number of aliphatic hydroxyl groups excluding tert-OH is 1. The van der Waals surface area contributed by atoms with Crippen LogP contribution in [-0.4, -0.2) is 34.5 Å². The summed E-state index contributed by atoms with van der Waals surface area (Å²) in [5.74, 6) is -2.85. The van der Waals surface area contributed by atoms with Crippen LogP contribution in [0.3, 0.4) is 0 Å². The highest BCUT2D eigenvalue weighted by Gasteiger charge is 2.47. The van der Waals surface area contributed by atoms with Crippen molar-refractivity contribution in [1.29, 1.82) is 0 Å². The molecule has 1 fully saturated rings. The number of phenols is 1. The maximum atomic E-state index is 13.2. The summed E-state index contributed by atoms with van der Waals surface area (Å²) < 4.78 is 4.99. The summed E-state index contributed by atoms with van der Waals surface area (Å²) in [4.78, 5) is 39.6. The number of carbonyl (C=O) groups is 3. The molecule has 3 aromatic carbocycles. The molecule has 178 valence electrons. The Labute approximate surface area is 210 Å². The van der Waals surface area contributed by atoms with E-state index in [4.69, 9.17) is 27.9 Å². The minimum atomic E-state index is -1.06. The van der Waals surface area contributed by atoms with Crippen LogP contribution in [-0.2, 0) is 14.3 Å². The summed E-state index contributed by atoms with van der Waals surface area (Å²) in [5.41, 5.74) is 0.979. The van der Waals surface area contributed by atoms with E-state index in [1.54, 1.807) is 19.1 Å². The molecule has 9 heteroatoms. The zero-order valence-corrected chi connectivity index (χ0v) is 19.9. The van der Waals surface area contributed by atoms with Crippen LogP contribution in [0.1, 0.15) is 34.5 Å². The molecule has 1 heterocycles. The summed E-state index contributed by atoms with van der Waals surface area (Å²) in [5, 5.41) is 21.6. The number of carbonyl (C=O) groups excluding carboxylic acids is 3. The molecule has 35 heavy (non-hydrogen) atoms. The van der Waals surface area contributed by atoms with Gasteiger partial charge in [-0.1, -0.05) is 35.3 Å². The number of rotatable bonds is 5. The van der Waals surface area contributed by atoms with Crippen molar-refractivity contribution in [2.75, 3.05) is 11.5 Å². The van der Waals surface area contributed by atoms with Crippen LogP contribution in [0.15, 0.2) is 72.3 Å². The Hall–Kier alpha value is -3.81. The standard InChI is InChI=1S/C26H19Cl2NO6/c1-2-35-26(34)14-6-9-17(10-7-14)29-22(15-4-3-5-18(30)12-15)21(24(32)25(29)33)23(31)16-8-11-19(27)20(28)13-16/h3-13,22,30-31H,2H2,1H3/b23-21-. The number of amides is 1. The number of esters is 1. The van der Waals surface area contributed by atoms with Crippen LogP contribution < -0.4 is 4.90 Å². The van der Waals surface area contributed by atoms with E-state index in [2.05, 4.69) is 0 Å². The molecule has 0 spiro atoms. The lowest BCUT2D eigenvalue weighted by molar-refractivity contribution is -0.132. The molecule has 1 aliphatic rings. The monoisotopic (exact) mass is 511 g/mol. The molecule has 0 saturated carbocycles. The van der Waals surface area contributed by atoms with E-state index in [0.29, 0.717) is 11.3 Å². The van der Waals surface area contributed by atoms with Gasteiger partial charge in [0, 0.05) is 11.3 Å². The minimum absolute atomic E-state index is 0.0831. The van der Waals surface area contributed by atoms with E-state index < -0.39 is 29.5 Å². The Balaban J connectivity index is 1.88. The lowest BCUT2D eigenvalue weighted by atomic mass is 9.95. The Morgan fingerprint density at radius 2 is 1.66 bits per heavy atom. The first-order chi connectivity index (χ1) is 16.7. The number of nitrogens with zero attached hydrogens (tertiary/aromatic N) is 1. The molecule has 0 aliphatic carbocycles. The molecular weight excluding hydrogens is 493 g/mol. The first-order valence-corrected chi connectivity index (χ1v) is 11.3. The Morgan fingerprint density at radius 3 is 2.29 bits per heavy atom. The van der Waals surface area contributed by atoms with Crippen LogP contribution >= 0.6 is 23.2 Å². The van der Waals surface area contributed by atoms with Crippen molar-refractivity contribution < 1.29 is 29.3 Å². The van der Waals surface area contributed by atoms with Gasteiger partial charge in [0.05, 0.1) is 33.8 Å². The predicted molar refractivity (Wildman–Crippen MR) is 132 cm³/mol. The van der Waals surface area contributed by atoms with Gasteiger partial charge in [0.1, 0.15) is 11.5 Å². The van der Waals surface area contributed by atoms with Gasteiger partial charge in [-0.05, 0) is 67.1 Å². The summed E-state index contributed by atoms with van der Waals surface area (Å²) in [6.45, 7) is 1.90. The van der Waals surface area contributed by atoms with Crippen molar-refractivity contribution in [3.8, 4) is 5.75 Å². The zero-order valence-electron chi connectivity index (χ0n) is 18.4. The van der Waals surface area contributed by atoms with Gasteiger partial charge in [0.25, 0.3) is 11.7 Å². The summed E-state index contributed by atoms with van der Waals surface area (Å²) >= 11 is 12.1.